The number of urea groups is 1. The highest BCUT2D eigenvalue weighted by Crippen LogP contribution is 2.33. The first-order valence-corrected chi connectivity index (χ1v) is 5.52. The number of nitriles is 1. The van der Waals surface area contributed by atoms with Crippen molar-refractivity contribution >= 4 is 29.0 Å². The molecule has 1 aliphatic rings. The number of nitrogens with zero attached hydrogens (tertiary/aromatic N) is 3. The molecule has 1 aromatic heterocycles. The van der Waals surface area contributed by atoms with Crippen LogP contribution in [0.2, 0.25) is 4.34 Å². The van der Waals surface area contributed by atoms with Gasteiger partial charge >= 0.3 is 6.03 Å². The van der Waals surface area contributed by atoms with Gasteiger partial charge in [-0.3, -0.25) is 0 Å². The molecule has 0 radical (unpaired) electrons. The highest BCUT2D eigenvalue weighted by molar-refractivity contribution is 7.16. The van der Waals surface area contributed by atoms with E-state index in [0.717, 1.165) is 9.78 Å². The zero-order valence-electron chi connectivity index (χ0n) is 7.98. The molecular weight excluding hydrogens is 234 g/mol. The van der Waals surface area contributed by atoms with Crippen LogP contribution >= 0.6 is 22.9 Å². The number of likely N-dealkylation sites (N-methyl/N-ethyl adjacent to an activating group) is 1. The molecule has 0 aromatic carbocycles. The molecule has 2 amide bonds. The van der Waals surface area contributed by atoms with Crippen molar-refractivity contribution in [3.8, 4) is 6.19 Å². The van der Waals surface area contributed by atoms with Gasteiger partial charge in [-0.1, -0.05) is 11.6 Å². The van der Waals surface area contributed by atoms with Gasteiger partial charge in [-0.25, -0.2) is 9.69 Å². The third-order valence-electron chi connectivity index (χ3n) is 2.40. The van der Waals surface area contributed by atoms with Crippen molar-refractivity contribution in [1.82, 2.24) is 9.80 Å². The fraction of sp³-hybridized carbons (Fsp3) is 0.333. The molecule has 6 heteroatoms. The van der Waals surface area contributed by atoms with Crippen LogP contribution in [0.5, 0.6) is 0 Å². The summed E-state index contributed by atoms with van der Waals surface area (Å²) >= 11 is 7.27. The van der Waals surface area contributed by atoms with Crippen LogP contribution in [0, 0.1) is 11.5 Å². The smallest absolute Gasteiger partial charge is 0.317 e. The lowest BCUT2D eigenvalue weighted by Gasteiger charge is -2.15. The summed E-state index contributed by atoms with van der Waals surface area (Å²) in [4.78, 5) is 15.2. The second kappa shape index (κ2) is 3.72. The molecule has 15 heavy (non-hydrogen) atoms. The third kappa shape index (κ3) is 1.66. The normalized spacial score (nSPS) is 20.9. The highest BCUT2D eigenvalue weighted by Gasteiger charge is 2.36. The lowest BCUT2D eigenvalue weighted by atomic mass is 10.2. The van der Waals surface area contributed by atoms with Crippen molar-refractivity contribution in [1.29, 1.82) is 5.26 Å². The SMILES string of the molecule is CN1C(=O)N(C#N)CC1c1ccc(Cl)s1. The number of thiophene rings is 1. The first-order chi connectivity index (χ1) is 7.13. The van der Waals surface area contributed by atoms with E-state index in [4.69, 9.17) is 16.9 Å². The summed E-state index contributed by atoms with van der Waals surface area (Å²) in [7, 11) is 1.69. The summed E-state index contributed by atoms with van der Waals surface area (Å²) in [6, 6.07) is 3.37. The molecule has 1 aliphatic heterocycles. The Morgan fingerprint density at radius 1 is 1.67 bits per heavy atom. The van der Waals surface area contributed by atoms with Gasteiger partial charge in [0.05, 0.1) is 16.9 Å². The van der Waals surface area contributed by atoms with Gasteiger partial charge in [0.2, 0.25) is 0 Å². The molecule has 1 aromatic rings. The molecule has 0 saturated carbocycles. The molecule has 0 bridgehead atoms. The Kier molecular flexibility index (Phi) is 2.55. The van der Waals surface area contributed by atoms with E-state index in [-0.39, 0.29) is 12.1 Å². The maximum absolute atomic E-state index is 11.5. The quantitative estimate of drug-likeness (QED) is 0.709. The Morgan fingerprint density at radius 2 is 2.40 bits per heavy atom. The fourth-order valence-electron chi connectivity index (χ4n) is 1.57. The second-order valence-corrected chi connectivity index (χ2v) is 5.01. The number of hydrogen-bond acceptors (Lipinski definition) is 3. The van der Waals surface area contributed by atoms with Crippen molar-refractivity contribution in [3.05, 3.63) is 21.3 Å². The van der Waals surface area contributed by atoms with Crippen LogP contribution in [-0.2, 0) is 0 Å². The zero-order valence-corrected chi connectivity index (χ0v) is 9.55. The molecule has 1 unspecified atom stereocenters. The number of halogens is 1. The number of hydrogen-bond donors (Lipinski definition) is 0. The van der Waals surface area contributed by atoms with Crippen LogP contribution in [0.4, 0.5) is 4.79 Å². The molecule has 1 atom stereocenters. The van der Waals surface area contributed by atoms with Crippen LogP contribution in [-0.4, -0.2) is 29.4 Å². The summed E-state index contributed by atoms with van der Waals surface area (Å²) in [5, 5.41) is 8.73. The third-order valence-corrected chi connectivity index (χ3v) is 3.73. The Balaban J connectivity index is 2.26. The van der Waals surface area contributed by atoms with E-state index < -0.39 is 0 Å². The van der Waals surface area contributed by atoms with Gasteiger partial charge in [0.15, 0.2) is 6.19 Å². The van der Waals surface area contributed by atoms with E-state index in [1.807, 2.05) is 12.3 Å². The van der Waals surface area contributed by atoms with E-state index in [1.165, 1.54) is 11.3 Å². The second-order valence-electron chi connectivity index (χ2n) is 3.26. The number of amides is 2. The molecule has 0 aliphatic carbocycles. The van der Waals surface area contributed by atoms with Crippen LogP contribution in [0.15, 0.2) is 12.1 Å². The Labute approximate surface area is 96.3 Å². The average molecular weight is 242 g/mol. The number of carbonyl (C=O) groups excluding carboxylic acids is 1. The molecule has 0 N–H and O–H groups in total. The summed E-state index contributed by atoms with van der Waals surface area (Å²) in [5.74, 6) is 0. The van der Waals surface area contributed by atoms with Crippen molar-refractivity contribution in [2.45, 2.75) is 6.04 Å². The molecule has 78 valence electrons. The minimum Gasteiger partial charge on any atom is -0.317 e. The minimum absolute atomic E-state index is 0.0605. The Hall–Kier alpha value is -1.25. The standard InChI is InChI=1S/C9H8ClN3OS/c1-12-6(4-13(5-11)9(12)14)7-2-3-8(10)15-7/h2-3,6H,4H2,1H3. The van der Waals surface area contributed by atoms with Gasteiger partial charge in [0.1, 0.15) is 0 Å². The van der Waals surface area contributed by atoms with Gasteiger partial charge in [-0.15, -0.1) is 11.3 Å². The zero-order chi connectivity index (χ0) is 11.0. The topological polar surface area (TPSA) is 47.3 Å². The largest absolute Gasteiger partial charge is 0.333 e. The molecule has 2 rings (SSSR count). The molecule has 1 fully saturated rings. The molecule has 4 nitrogen and oxygen atoms in total. The van der Waals surface area contributed by atoms with Crippen molar-refractivity contribution in [2.75, 3.05) is 13.6 Å². The van der Waals surface area contributed by atoms with Crippen LogP contribution in [0.1, 0.15) is 10.9 Å². The summed E-state index contributed by atoms with van der Waals surface area (Å²) < 4.78 is 0.696. The van der Waals surface area contributed by atoms with Crippen LogP contribution < -0.4 is 0 Å². The van der Waals surface area contributed by atoms with Crippen LogP contribution in [0.3, 0.4) is 0 Å². The summed E-state index contributed by atoms with van der Waals surface area (Å²) in [6.07, 6.45) is 1.86. The minimum atomic E-state index is -0.257. The summed E-state index contributed by atoms with van der Waals surface area (Å²) in [5.41, 5.74) is 0. The van der Waals surface area contributed by atoms with Crippen molar-refractivity contribution in [3.63, 3.8) is 0 Å². The predicted octanol–water partition coefficient (Wildman–Crippen LogP) is 2.29. The Bertz CT molecular complexity index is 439. The van der Waals surface area contributed by atoms with E-state index in [2.05, 4.69) is 0 Å². The van der Waals surface area contributed by atoms with Gasteiger partial charge in [0, 0.05) is 11.9 Å². The van der Waals surface area contributed by atoms with Crippen LogP contribution in [0.25, 0.3) is 0 Å². The lowest BCUT2D eigenvalue weighted by molar-refractivity contribution is 0.206. The first-order valence-electron chi connectivity index (χ1n) is 4.33. The lowest BCUT2D eigenvalue weighted by Crippen LogP contribution is -2.26. The van der Waals surface area contributed by atoms with Gasteiger partial charge < -0.3 is 4.90 Å². The van der Waals surface area contributed by atoms with E-state index >= 15 is 0 Å². The fourth-order valence-corrected chi connectivity index (χ4v) is 2.77. The first kappa shape index (κ1) is 10.3. The maximum atomic E-state index is 11.5. The number of carbonyl (C=O) groups is 1. The monoisotopic (exact) mass is 241 g/mol. The Morgan fingerprint density at radius 3 is 2.87 bits per heavy atom. The van der Waals surface area contributed by atoms with E-state index in [0.29, 0.717) is 10.9 Å². The van der Waals surface area contributed by atoms with E-state index in [1.54, 1.807) is 18.0 Å². The van der Waals surface area contributed by atoms with Crippen molar-refractivity contribution < 1.29 is 4.79 Å². The molecule has 2 heterocycles. The summed E-state index contributed by atoms with van der Waals surface area (Å²) in [6.45, 7) is 0.405. The molecular formula is C9H8ClN3OS. The van der Waals surface area contributed by atoms with E-state index in [9.17, 15) is 4.79 Å². The molecule has 1 saturated heterocycles. The molecule has 0 spiro atoms. The van der Waals surface area contributed by atoms with Gasteiger partial charge in [-0.2, -0.15) is 5.26 Å². The van der Waals surface area contributed by atoms with Crippen molar-refractivity contribution in [2.24, 2.45) is 0 Å². The highest BCUT2D eigenvalue weighted by atomic mass is 35.5. The predicted molar refractivity (Wildman–Crippen MR) is 57.5 cm³/mol. The number of rotatable bonds is 1. The maximum Gasteiger partial charge on any atom is 0.333 e. The average Bonchev–Trinajstić information content (AvgIpc) is 2.74. The van der Waals surface area contributed by atoms with Gasteiger partial charge in [0.25, 0.3) is 0 Å². The van der Waals surface area contributed by atoms with Gasteiger partial charge in [-0.05, 0) is 12.1 Å².